The van der Waals surface area contributed by atoms with Gasteiger partial charge in [0.15, 0.2) is 0 Å². The molecule has 4 aliphatic rings. The Morgan fingerprint density at radius 3 is 2.51 bits per heavy atom. The number of hydrogen-bond donors (Lipinski definition) is 1. The highest BCUT2D eigenvalue weighted by Crippen LogP contribution is 2.68. The summed E-state index contributed by atoms with van der Waals surface area (Å²) < 4.78 is 10.9. The van der Waals surface area contributed by atoms with E-state index < -0.39 is 0 Å². The molecule has 4 aliphatic carbocycles. The van der Waals surface area contributed by atoms with E-state index in [1.165, 1.54) is 26.4 Å². The molecule has 37 heavy (non-hydrogen) atoms. The maximum atomic E-state index is 12.7. The van der Waals surface area contributed by atoms with Crippen molar-refractivity contribution in [3.05, 3.63) is 35.9 Å². The molecule has 0 heterocycles. The molecule has 0 amide bonds. The van der Waals surface area contributed by atoms with Gasteiger partial charge < -0.3 is 14.6 Å². The lowest BCUT2D eigenvalue weighted by Crippen LogP contribution is -2.59. The lowest BCUT2D eigenvalue weighted by Gasteiger charge is -2.62. The van der Waals surface area contributed by atoms with E-state index in [9.17, 15) is 14.7 Å². The number of fused-ring (bicyclic) bond motifs is 5. The number of benzene rings is 1. The zero-order chi connectivity index (χ0) is 26.4. The number of rotatable bonds is 6. The summed E-state index contributed by atoms with van der Waals surface area (Å²) in [5.74, 6) is 2.82. The summed E-state index contributed by atoms with van der Waals surface area (Å²) in [5, 5.41) is 11.8. The Labute approximate surface area is 222 Å². The van der Waals surface area contributed by atoms with Crippen molar-refractivity contribution in [3.63, 3.8) is 0 Å². The van der Waals surface area contributed by atoms with Crippen LogP contribution in [0.4, 0.5) is 0 Å². The van der Waals surface area contributed by atoms with Crippen LogP contribution in [0.5, 0.6) is 0 Å². The molecule has 0 aromatic heterocycles. The third kappa shape index (κ3) is 4.64. The van der Waals surface area contributed by atoms with Crippen molar-refractivity contribution in [2.45, 2.75) is 97.2 Å². The normalized spacial score (nSPS) is 41.6. The molecule has 0 spiro atoms. The molecule has 0 bridgehead atoms. The summed E-state index contributed by atoms with van der Waals surface area (Å²) in [7, 11) is 1.46. The van der Waals surface area contributed by atoms with E-state index in [0.29, 0.717) is 47.5 Å². The number of carbonyl (C=O) groups is 2. The number of aliphatic hydroxyl groups excluding tert-OH is 1. The number of hydrogen-bond acceptors (Lipinski definition) is 5. The summed E-state index contributed by atoms with van der Waals surface area (Å²) in [4.78, 5) is 24.5. The van der Waals surface area contributed by atoms with Gasteiger partial charge in [-0.1, -0.05) is 39.0 Å². The summed E-state index contributed by atoms with van der Waals surface area (Å²) in [5.41, 5.74) is 0.767. The fourth-order valence-corrected chi connectivity index (χ4v) is 9.69. The van der Waals surface area contributed by atoms with E-state index in [-0.39, 0.29) is 35.0 Å². The monoisotopic (exact) mass is 510 g/mol. The second-order valence-corrected chi connectivity index (χ2v) is 13.2. The fourth-order valence-electron chi connectivity index (χ4n) is 9.69. The first-order chi connectivity index (χ1) is 17.7. The van der Waals surface area contributed by atoms with Crippen molar-refractivity contribution < 1.29 is 24.2 Å². The second kappa shape index (κ2) is 10.4. The van der Waals surface area contributed by atoms with Crippen LogP contribution in [-0.4, -0.2) is 36.4 Å². The molecule has 5 heteroatoms. The average molecular weight is 511 g/mol. The van der Waals surface area contributed by atoms with Gasteiger partial charge in [-0.2, -0.15) is 0 Å². The van der Waals surface area contributed by atoms with Gasteiger partial charge >= 0.3 is 11.9 Å². The first kappa shape index (κ1) is 26.7. The first-order valence-corrected chi connectivity index (χ1v) is 14.7. The highest BCUT2D eigenvalue weighted by molar-refractivity contribution is 5.89. The van der Waals surface area contributed by atoms with E-state index in [4.69, 9.17) is 9.47 Å². The van der Waals surface area contributed by atoms with E-state index in [0.717, 1.165) is 38.5 Å². The first-order valence-electron chi connectivity index (χ1n) is 14.7. The fraction of sp³-hybridized carbons (Fsp3) is 0.750. The Morgan fingerprint density at radius 1 is 1.03 bits per heavy atom. The minimum atomic E-state index is -0.295. The molecular formula is C32H46O5. The van der Waals surface area contributed by atoms with Gasteiger partial charge in [0.25, 0.3) is 0 Å². The third-order valence-electron chi connectivity index (χ3n) is 11.8. The van der Waals surface area contributed by atoms with Gasteiger partial charge in [-0.3, -0.25) is 4.79 Å². The lowest BCUT2D eigenvalue weighted by molar-refractivity contribution is -0.175. The molecule has 204 valence electrons. The Balaban J connectivity index is 1.27. The molecule has 10 atom stereocenters. The number of aliphatic hydroxyl groups is 1. The number of methoxy groups -OCH3 is 1. The van der Waals surface area contributed by atoms with Crippen molar-refractivity contribution in [2.75, 3.05) is 7.11 Å². The zero-order valence-electron chi connectivity index (χ0n) is 23.2. The molecule has 4 fully saturated rings. The molecule has 5 rings (SSSR count). The predicted molar refractivity (Wildman–Crippen MR) is 143 cm³/mol. The number of carbonyl (C=O) groups excluding carboxylic acids is 2. The van der Waals surface area contributed by atoms with Crippen LogP contribution in [-0.2, 0) is 14.3 Å². The van der Waals surface area contributed by atoms with E-state index in [1.54, 1.807) is 0 Å². The van der Waals surface area contributed by atoms with E-state index in [1.807, 2.05) is 30.3 Å². The maximum Gasteiger partial charge on any atom is 0.338 e. The van der Waals surface area contributed by atoms with Gasteiger partial charge in [-0.05, 0) is 116 Å². The van der Waals surface area contributed by atoms with Gasteiger partial charge in [0.2, 0.25) is 0 Å². The van der Waals surface area contributed by atoms with Crippen LogP contribution in [0.3, 0.4) is 0 Å². The van der Waals surface area contributed by atoms with Crippen molar-refractivity contribution in [3.8, 4) is 0 Å². The summed E-state index contributed by atoms with van der Waals surface area (Å²) in [6, 6.07) is 9.33. The van der Waals surface area contributed by atoms with E-state index in [2.05, 4.69) is 20.8 Å². The SMILES string of the molecule is COC(=O)CC[C@H](C)[C@@H]1CC[C@@H]2[C@@H]3CC[C@H]4C[C@H](OC(=O)c5ccccc5)CC[C@]4(C)[C@@H]3C[C@H](O)[C@@]21C. The van der Waals surface area contributed by atoms with Crippen LogP contribution in [0, 0.1) is 46.3 Å². The molecule has 1 aromatic rings. The largest absolute Gasteiger partial charge is 0.469 e. The van der Waals surface area contributed by atoms with Gasteiger partial charge in [0, 0.05) is 6.42 Å². The summed E-state index contributed by atoms with van der Waals surface area (Å²) in [6.07, 6.45) is 9.59. The lowest BCUT2D eigenvalue weighted by atomic mass is 9.43. The smallest absolute Gasteiger partial charge is 0.338 e. The zero-order valence-corrected chi connectivity index (χ0v) is 23.2. The van der Waals surface area contributed by atoms with Crippen molar-refractivity contribution in [1.29, 1.82) is 0 Å². The Kier molecular flexibility index (Phi) is 7.48. The topological polar surface area (TPSA) is 72.8 Å². The van der Waals surface area contributed by atoms with Crippen LogP contribution in [0.15, 0.2) is 30.3 Å². The molecule has 5 nitrogen and oxygen atoms in total. The molecular weight excluding hydrogens is 464 g/mol. The van der Waals surface area contributed by atoms with Crippen LogP contribution >= 0.6 is 0 Å². The van der Waals surface area contributed by atoms with Gasteiger partial charge in [0.1, 0.15) is 6.10 Å². The Morgan fingerprint density at radius 2 is 1.78 bits per heavy atom. The van der Waals surface area contributed by atoms with Crippen LogP contribution in [0.2, 0.25) is 0 Å². The maximum absolute atomic E-state index is 12.7. The minimum absolute atomic E-state index is 0.00682. The average Bonchev–Trinajstić information content (AvgIpc) is 3.27. The molecule has 0 radical (unpaired) electrons. The van der Waals surface area contributed by atoms with Gasteiger partial charge in [0.05, 0.1) is 18.8 Å². The molecule has 0 unspecified atom stereocenters. The second-order valence-electron chi connectivity index (χ2n) is 13.2. The van der Waals surface area contributed by atoms with Crippen molar-refractivity contribution in [2.24, 2.45) is 46.3 Å². The van der Waals surface area contributed by atoms with Gasteiger partial charge in [-0.15, -0.1) is 0 Å². The summed E-state index contributed by atoms with van der Waals surface area (Å²) in [6.45, 7) is 7.11. The van der Waals surface area contributed by atoms with Crippen molar-refractivity contribution in [1.82, 2.24) is 0 Å². The molecule has 0 aliphatic heterocycles. The highest BCUT2D eigenvalue weighted by atomic mass is 16.5. The van der Waals surface area contributed by atoms with Crippen molar-refractivity contribution >= 4 is 11.9 Å². The Bertz CT molecular complexity index is 977. The van der Waals surface area contributed by atoms with Crippen LogP contribution < -0.4 is 0 Å². The van der Waals surface area contributed by atoms with Crippen LogP contribution in [0.1, 0.15) is 95.3 Å². The minimum Gasteiger partial charge on any atom is -0.469 e. The third-order valence-corrected chi connectivity index (χ3v) is 11.8. The predicted octanol–water partition coefficient (Wildman–Crippen LogP) is 6.43. The quantitative estimate of drug-likeness (QED) is 0.447. The highest BCUT2D eigenvalue weighted by Gasteiger charge is 2.63. The number of esters is 2. The van der Waals surface area contributed by atoms with E-state index >= 15 is 0 Å². The molecule has 1 aromatic carbocycles. The summed E-state index contributed by atoms with van der Waals surface area (Å²) >= 11 is 0. The number of ether oxygens (including phenoxy) is 2. The molecule has 1 N–H and O–H groups in total. The Hall–Kier alpha value is -1.88. The van der Waals surface area contributed by atoms with Crippen LogP contribution in [0.25, 0.3) is 0 Å². The molecule has 4 saturated carbocycles. The standard InChI is InChI=1S/C32H46O5/c1-20(10-15-29(34)36-4)25-13-14-26-24-12-11-22-18-23(37-30(35)21-8-6-5-7-9-21)16-17-31(22,2)27(24)19-28(33)32(25,26)3/h5-9,20,22-28,33H,10-19H2,1-4H3/t20-,22-,23+,24-,25-,26+,27+,28-,31-,32+/m0/s1. The molecule has 0 saturated heterocycles. The van der Waals surface area contributed by atoms with Gasteiger partial charge in [-0.25, -0.2) is 4.79 Å².